The molecular formula is C47H48N14O4. The highest BCUT2D eigenvalue weighted by molar-refractivity contribution is 5.99. The molecule has 0 radical (unpaired) electrons. The van der Waals surface area contributed by atoms with Crippen LogP contribution in [0.4, 0.5) is 57.7 Å². The topological polar surface area (TPSA) is 248 Å². The normalized spacial score (nSPS) is 13.7. The fourth-order valence-corrected chi connectivity index (χ4v) is 7.56. The summed E-state index contributed by atoms with van der Waals surface area (Å²) in [5.41, 5.74) is 26.9. The van der Waals surface area contributed by atoms with Gasteiger partial charge in [0.05, 0.1) is 42.7 Å². The van der Waals surface area contributed by atoms with Crippen LogP contribution in [0.15, 0.2) is 122 Å². The van der Waals surface area contributed by atoms with E-state index in [9.17, 15) is 10.1 Å². The zero-order chi connectivity index (χ0) is 44.0. The number of aromatic nitrogens is 6. The average Bonchev–Trinajstić information content (AvgIpc) is 3.32. The molecule has 0 spiro atoms. The smallest absolute Gasteiger partial charge is 0.270 e. The van der Waals surface area contributed by atoms with Gasteiger partial charge in [-0.1, -0.05) is 31.7 Å². The number of nitrogens with zero attached hydrogens (tertiary/aromatic N) is 9. The van der Waals surface area contributed by atoms with Crippen molar-refractivity contribution in [1.29, 1.82) is 0 Å². The largest absolute Gasteiger partial charge is 0.399 e. The maximum absolute atomic E-state index is 11.2. The van der Waals surface area contributed by atoms with Gasteiger partial charge in [-0.25, -0.2) is 9.97 Å². The Hall–Kier alpha value is -8.22. The molecule has 0 atom stereocenters. The molecule has 0 aliphatic carbocycles. The summed E-state index contributed by atoms with van der Waals surface area (Å²) < 4.78 is 10.8. The third-order valence-electron chi connectivity index (χ3n) is 10.8. The number of fused-ring (bicyclic) bond motifs is 2. The van der Waals surface area contributed by atoms with Crippen LogP contribution in [0.25, 0.3) is 44.3 Å². The number of benzene rings is 4. The minimum Gasteiger partial charge on any atom is -0.399 e. The highest BCUT2D eigenvalue weighted by Crippen LogP contribution is 2.33. The summed E-state index contributed by atoms with van der Waals surface area (Å²) in [5, 5.41) is 19.0. The van der Waals surface area contributed by atoms with Gasteiger partial charge in [-0.3, -0.25) is 20.1 Å². The van der Waals surface area contributed by atoms with Crippen LogP contribution >= 0.6 is 0 Å². The lowest BCUT2D eigenvalue weighted by atomic mass is 10.1. The number of nitro groups is 1. The molecule has 2 saturated heterocycles. The number of rotatable bonds is 9. The van der Waals surface area contributed by atoms with E-state index in [2.05, 4.69) is 57.5 Å². The lowest BCUT2D eigenvalue weighted by molar-refractivity contribution is -0.384. The van der Waals surface area contributed by atoms with Crippen LogP contribution in [-0.2, 0) is 9.47 Å². The summed E-state index contributed by atoms with van der Waals surface area (Å²) in [4.78, 5) is 42.5. The highest BCUT2D eigenvalue weighted by Gasteiger charge is 2.17. The Bertz CT molecular complexity index is 2940. The molecule has 0 saturated carbocycles. The summed E-state index contributed by atoms with van der Waals surface area (Å²) in [7, 11) is 0. The van der Waals surface area contributed by atoms with Crippen molar-refractivity contribution in [3.05, 3.63) is 132 Å². The number of morpholine rings is 2. The summed E-state index contributed by atoms with van der Waals surface area (Å²) in [6.45, 7) is 6.50. The molecule has 4 aromatic heterocycles. The van der Waals surface area contributed by atoms with Gasteiger partial charge in [0.2, 0.25) is 11.9 Å². The predicted octanol–water partition coefficient (Wildman–Crippen LogP) is 7.83. The van der Waals surface area contributed by atoms with Gasteiger partial charge < -0.3 is 47.1 Å². The maximum Gasteiger partial charge on any atom is 0.270 e. The molecule has 65 heavy (non-hydrogen) atoms. The number of hydrogen-bond donors (Lipinski definition) is 5. The first-order valence-corrected chi connectivity index (χ1v) is 20.6. The molecule has 8 aromatic rings. The first-order chi connectivity index (χ1) is 31.3. The lowest BCUT2D eigenvalue weighted by Crippen LogP contribution is -2.36. The zero-order valence-corrected chi connectivity index (χ0v) is 34.6. The molecule has 6 heterocycles. The third-order valence-corrected chi connectivity index (χ3v) is 10.8. The first kappa shape index (κ1) is 43.4. The van der Waals surface area contributed by atoms with Gasteiger partial charge in [0.1, 0.15) is 22.7 Å². The Labute approximate surface area is 374 Å². The number of nitrogen functional groups attached to an aromatic ring is 3. The van der Waals surface area contributed by atoms with Crippen molar-refractivity contribution in [3.8, 4) is 22.5 Å². The van der Waals surface area contributed by atoms with E-state index in [4.69, 9.17) is 31.7 Å². The van der Waals surface area contributed by atoms with Crippen LogP contribution in [0, 0.1) is 10.1 Å². The number of nitrogens with one attached hydrogen (secondary N) is 2. The van der Waals surface area contributed by atoms with Crippen LogP contribution in [-0.4, -0.2) is 87.4 Å². The molecule has 0 unspecified atom stereocenters. The standard InChI is InChI=1S/C23H21N7O3.C23H23N7O.CH4/c24-22-19-8-9-25-20(15-2-1-3-18(14-15)30(31)32)21(19)27-23(28-22)26-16-4-6-17(7-5-16)29-10-12-33-13-11-29;24-16-3-1-2-15(14-16)20-21-19(8-9-26-20)22(25)29-23(28-21)27-17-4-6-18(7-5-17)30-10-12-31-13-11-30;/h1-9,14H,10-13H2,(H3,24,26,27,28);1-9,14H,10-13,24H2,(H3,25,27,28,29);1H4. The van der Waals surface area contributed by atoms with Crippen molar-refractivity contribution in [2.75, 3.05) is 90.2 Å². The Morgan fingerprint density at radius 3 is 1.46 bits per heavy atom. The van der Waals surface area contributed by atoms with Gasteiger partial charge >= 0.3 is 0 Å². The van der Waals surface area contributed by atoms with Crippen LogP contribution in [0.2, 0.25) is 0 Å². The molecule has 2 fully saturated rings. The fourth-order valence-electron chi connectivity index (χ4n) is 7.56. The third kappa shape index (κ3) is 9.88. The minimum atomic E-state index is -0.439. The van der Waals surface area contributed by atoms with Crippen molar-refractivity contribution in [2.45, 2.75) is 7.43 Å². The molecular weight excluding hydrogens is 825 g/mol. The first-order valence-electron chi connectivity index (χ1n) is 20.6. The fraction of sp³-hybridized carbons (Fsp3) is 0.191. The number of non-ortho nitro benzene ring substituents is 1. The summed E-state index contributed by atoms with van der Waals surface area (Å²) in [6, 6.07) is 33.6. The molecule has 18 heteroatoms. The van der Waals surface area contributed by atoms with E-state index in [-0.39, 0.29) is 13.1 Å². The number of nitrogens with two attached hydrogens (primary N) is 3. The Morgan fingerprint density at radius 1 is 0.569 bits per heavy atom. The van der Waals surface area contributed by atoms with E-state index in [0.717, 1.165) is 80.6 Å². The zero-order valence-electron chi connectivity index (χ0n) is 34.6. The number of anilines is 9. The van der Waals surface area contributed by atoms with Gasteiger partial charge in [0, 0.05) is 101 Å². The van der Waals surface area contributed by atoms with Crippen molar-refractivity contribution >= 4 is 79.5 Å². The predicted molar refractivity (Wildman–Crippen MR) is 258 cm³/mol. The summed E-state index contributed by atoms with van der Waals surface area (Å²) >= 11 is 0. The Kier molecular flexibility index (Phi) is 13.0. The molecule has 2 aliphatic heterocycles. The number of hydrogen-bond acceptors (Lipinski definition) is 17. The monoisotopic (exact) mass is 872 g/mol. The van der Waals surface area contributed by atoms with E-state index in [0.29, 0.717) is 62.6 Å². The van der Waals surface area contributed by atoms with Crippen molar-refractivity contribution in [2.24, 2.45) is 0 Å². The van der Waals surface area contributed by atoms with Gasteiger partial charge in [0.15, 0.2) is 0 Å². The Balaban J connectivity index is 0.000000175. The lowest BCUT2D eigenvalue weighted by Gasteiger charge is -2.28. The number of nitro benzene ring substituents is 1. The van der Waals surface area contributed by atoms with Crippen LogP contribution < -0.4 is 37.6 Å². The van der Waals surface area contributed by atoms with Gasteiger partial charge in [-0.05, 0) is 72.8 Å². The van der Waals surface area contributed by atoms with Crippen LogP contribution in [0.3, 0.4) is 0 Å². The second kappa shape index (κ2) is 19.4. The van der Waals surface area contributed by atoms with Gasteiger partial charge in [-0.2, -0.15) is 9.97 Å². The van der Waals surface area contributed by atoms with E-state index < -0.39 is 4.92 Å². The molecule has 2 aliphatic rings. The maximum atomic E-state index is 11.2. The molecule has 18 nitrogen and oxygen atoms in total. The Morgan fingerprint density at radius 2 is 1.02 bits per heavy atom. The number of ether oxygens (including phenoxy) is 2. The second-order valence-corrected chi connectivity index (χ2v) is 15.0. The highest BCUT2D eigenvalue weighted by atomic mass is 16.6. The summed E-state index contributed by atoms with van der Waals surface area (Å²) in [5.74, 6) is 1.42. The second-order valence-electron chi connectivity index (χ2n) is 15.0. The van der Waals surface area contributed by atoms with E-state index in [1.54, 1.807) is 30.6 Å². The average molecular weight is 873 g/mol. The van der Waals surface area contributed by atoms with Crippen LogP contribution in [0.1, 0.15) is 7.43 Å². The molecule has 0 bridgehead atoms. The molecule has 10 rings (SSSR count). The minimum absolute atomic E-state index is 0. The van der Waals surface area contributed by atoms with E-state index in [1.807, 2.05) is 66.7 Å². The SMILES string of the molecule is C.Nc1cccc(-c2nccc3c(N)nc(Nc4ccc(N5CCOCC5)cc4)nc23)c1.Nc1nc(Nc2ccc(N3CCOCC3)cc2)nc2c(-c3cccc([N+](=O)[O-])c3)nccc12. The quantitative estimate of drug-likeness (QED) is 0.0526. The van der Waals surface area contributed by atoms with Crippen molar-refractivity contribution < 1.29 is 14.4 Å². The van der Waals surface area contributed by atoms with Gasteiger partial charge in [-0.15, -0.1) is 0 Å². The van der Waals surface area contributed by atoms with Crippen molar-refractivity contribution in [3.63, 3.8) is 0 Å². The molecule has 4 aromatic carbocycles. The molecule has 330 valence electrons. The van der Waals surface area contributed by atoms with E-state index in [1.165, 1.54) is 17.8 Å². The molecule has 0 amide bonds. The van der Waals surface area contributed by atoms with Gasteiger partial charge in [0.25, 0.3) is 5.69 Å². The number of pyridine rings is 2. The van der Waals surface area contributed by atoms with Crippen molar-refractivity contribution in [1.82, 2.24) is 29.9 Å². The molecule has 8 N–H and O–H groups in total. The van der Waals surface area contributed by atoms with E-state index >= 15 is 0 Å². The summed E-state index contributed by atoms with van der Waals surface area (Å²) in [6.07, 6.45) is 3.30. The van der Waals surface area contributed by atoms with Crippen LogP contribution in [0.5, 0.6) is 0 Å².